The van der Waals surface area contributed by atoms with E-state index in [1.165, 1.54) is 7.11 Å². The lowest BCUT2D eigenvalue weighted by molar-refractivity contribution is -0.140. The second kappa shape index (κ2) is 9.56. The van der Waals surface area contributed by atoms with E-state index < -0.39 is 5.97 Å². The summed E-state index contributed by atoms with van der Waals surface area (Å²) in [6, 6.07) is 8.38. The van der Waals surface area contributed by atoms with Gasteiger partial charge in [-0.15, -0.1) is 11.3 Å². The number of ether oxygens (including phenoxy) is 1. The molecule has 0 atom stereocenters. The Morgan fingerprint density at radius 2 is 1.83 bits per heavy atom. The lowest BCUT2D eigenvalue weighted by Gasteiger charge is -2.19. The third kappa shape index (κ3) is 6.32. The first-order valence-electron chi connectivity index (χ1n) is 9.17. The molecule has 2 rings (SSSR count). The molecule has 3 N–H and O–H groups in total. The van der Waals surface area contributed by atoms with Crippen molar-refractivity contribution >= 4 is 29.1 Å². The highest BCUT2D eigenvalue weighted by Crippen LogP contribution is 2.32. The van der Waals surface area contributed by atoms with Gasteiger partial charge in [-0.05, 0) is 34.7 Å². The van der Waals surface area contributed by atoms with Gasteiger partial charge in [-0.1, -0.05) is 32.9 Å². The van der Waals surface area contributed by atoms with E-state index in [0.29, 0.717) is 9.75 Å². The van der Waals surface area contributed by atoms with Crippen LogP contribution in [0.2, 0.25) is 0 Å². The molecule has 7 nitrogen and oxygen atoms in total. The Hall–Kier alpha value is -2.87. The molecule has 0 saturated carbocycles. The third-order valence-electron chi connectivity index (χ3n) is 4.18. The molecular formula is C21H26N2O5S. The Labute approximate surface area is 174 Å². The molecule has 156 valence electrons. The highest BCUT2D eigenvalue weighted by atomic mass is 32.1. The average molecular weight is 419 g/mol. The van der Waals surface area contributed by atoms with Gasteiger partial charge in [-0.2, -0.15) is 0 Å². The van der Waals surface area contributed by atoms with Crippen LogP contribution >= 0.6 is 11.3 Å². The fraction of sp³-hybridized carbons (Fsp3) is 0.381. The molecule has 0 bridgehead atoms. The zero-order chi connectivity index (χ0) is 21.6. The van der Waals surface area contributed by atoms with Crippen molar-refractivity contribution in [1.29, 1.82) is 0 Å². The summed E-state index contributed by atoms with van der Waals surface area (Å²) in [6.07, 6.45) is 0.0791. The summed E-state index contributed by atoms with van der Waals surface area (Å²) in [5.41, 5.74) is 1.20. The van der Waals surface area contributed by atoms with Gasteiger partial charge in [0.25, 0.3) is 11.8 Å². The van der Waals surface area contributed by atoms with Gasteiger partial charge in [-0.25, -0.2) is 0 Å². The Morgan fingerprint density at radius 1 is 1.10 bits per heavy atom. The molecule has 1 aromatic carbocycles. The Bertz CT molecular complexity index is 899. The van der Waals surface area contributed by atoms with Crippen molar-refractivity contribution in [3.05, 3.63) is 51.2 Å². The quantitative estimate of drug-likeness (QED) is 0.600. The van der Waals surface area contributed by atoms with Crippen LogP contribution in [0.5, 0.6) is 5.75 Å². The molecule has 8 heteroatoms. The Morgan fingerprint density at radius 3 is 2.45 bits per heavy atom. The predicted molar refractivity (Wildman–Crippen MR) is 111 cm³/mol. The van der Waals surface area contributed by atoms with Gasteiger partial charge in [0.2, 0.25) is 0 Å². The highest BCUT2D eigenvalue weighted by molar-refractivity contribution is 7.16. The third-order valence-corrected chi connectivity index (χ3v) is 5.31. The summed E-state index contributed by atoms with van der Waals surface area (Å²) in [5.74, 6) is -0.887. The number of carbonyl (C=O) groups is 3. The minimum Gasteiger partial charge on any atom is -0.508 e. The summed E-state index contributed by atoms with van der Waals surface area (Å²) in [6.45, 7) is 6.32. The van der Waals surface area contributed by atoms with E-state index in [2.05, 4.69) is 15.4 Å². The van der Waals surface area contributed by atoms with Crippen LogP contribution in [0.3, 0.4) is 0 Å². The SMILES string of the molecule is COC(=O)CCNC(=O)c1sc(C(=O)NCc2cccc(O)c2)cc1C(C)(C)C. The summed E-state index contributed by atoms with van der Waals surface area (Å²) < 4.78 is 4.57. The molecule has 0 radical (unpaired) electrons. The maximum atomic E-state index is 12.6. The molecule has 0 unspecified atom stereocenters. The number of phenols is 1. The van der Waals surface area contributed by atoms with Crippen molar-refractivity contribution in [3.8, 4) is 5.75 Å². The Kier molecular flexibility index (Phi) is 7.39. The predicted octanol–water partition coefficient (Wildman–Crippen LogP) is 2.97. The number of carbonyl (C=O) groups excluding carboxylic acids is 3. The van der Waals surface area contributed by atoms with Crippen molar-refractivity contribution < 1.29 is 24.2 Å². The van der Waals surface area contributed by atoms with E-state index in [4.69, 9.17) is 0 Å². The molecule has 0 spiro atoms. The molecule has 1 aromatic heterocycles. The molecule has 0 saturated heterocycles. The average Bonchev–Trinajstić information content (AvgIpc) is 3.12. The van der Waals surface area contributed by atoms with Crippen LogP contribution < -0.4 is 10.6 Å². The topological polar surface area (TPSA) is 105 Å². The molecule has 29 heavy (non-hydrogen) atoms. The number of thiophene rings is 1. The normalized spacial score (nSPS) is 11.0. The molecule has 0 aliphatic heterocycles. The molecule has 2 amide bonds. The van der Waals surface area contributed by atoms with Gasteiger partial charge in [0, 0.05) is 13.1 Å². The number of esters is 1. The number of nitrogens with one attached hydrogen (secondary N) is 2. The minimum atomic E-state index is -0.403. The Balaban J connectivity index is 2.13. The van der Waals surface area contributed by atoms with Crippen LogP contribution in [0.1, 0.15) is 57.7 Å². The number of hydrogen-bond acceptors (Lipinski definition) is 6. The monoisotopic (exact) mass is 418 g/mol. The van der Waals surface area contributed by atoms with Crippen LogP contribution in [0, 0.1) is 0 Å². The van der Waals surface area contributed by atoms with Crippen molar-refractivity contribution in [2.24, 2.45) is 0 Å². The van der Waals surface area contributed by atoms with Crippen LogP contribution in [-0.2, 0) is 21.5 Å². The van der Waals surface area contributed by atoms with Gasteiger partial charge in [-0.3, -0.25) is 14.4 Å². The zero-order valence-corrected chi connectivity index (χ0v) is 17.8. The van der Waals surface area contributed by atoms with E-state index in [1.54, 1.807) is 30.3 Å². The van der Waals surface area contributed by atoms with E-state index in [-0.39, 0.29) is 42.5 Å². The standard InChI is InChI=1S/C21H26N2O5S/c1-21(2,3)15-11-16(19(26)23-12-13-6-5-7-14(24)10-13)29-18(15)20(27)22-9-8-17(25)28-4/h5-7,10-11,24H,8-9,12H2,1-4H3,(H,22,27)(H,23,26). The first-order valence-corrected chi connectivity index (χ1v) is 9.99. The van der Waals surface area contributed by atoms with Gasteiger partial charge < -0.3 is 20.5 Å². The summed E-state index contributed by atoms with van der Waals surface area (Å²) in [4.78, 5) is 37.3. The zero-order valence-electron chi connectivity index (χ0n) is 17.0. The number of rotatable bonds is 7. The van der Waals surface area contributed by atoms with Crippen LogP contribution in [0.15, 0.2) is 30.3 Å². The fourth-order valence-corrected chi connectivity index (χ4v) is 3.83. The van der Waals surface area contributed by atoms with Crippen molar-refractivity contribution in [2.75, 3.05) is 13.7 Å². The first-order chi connectivity index (χ1) is 13.6. The largest absolute Gasteiger partial charge is 0.508 e. The lowest BCUT2D eigenvalue weighted by atomic mass is 9.87. The van der Waals surface area contributed by atoms with E-state index in [1.807, 2.05) is 20.8 Å². The van der Waals surface area contributed by atoms with Crippen molar-refractivity contribution in [3.63, 3.8) is 0 Å². The van der Waals surface area contributed by atoms with Crippen molar-refractivity contribution in [1.82, 2.24) is 10.6 Å². The number of phenolic OH excluding ortho intramolecular Hbond substituents is 1. The first kappa shape index (κ1) is 22.4. The smallest absolute Gasteiger partial charge is 0.307 e. The van der Waals surface area contributed by atoms with Crippen molar-refractivity contribution in [2.45, 2.75) is 39.2 Å². The lowest BCUT2D eigenvalue weighted by Crippen LogP contribution is -2.28. The summed E-state index contributed by atoms with van der Waals surface area (Å²) in [7, 11) is 1.29. The molecule has 0 aliphatic carbocycles. The second-order valence-corrected chi connectivity index (χ2v) is 8.59. The van der Waals surface area contributed by atoms with Crippen LogP contribution in [0.25, 0.3) is 0 Å². The van der Waals surface area contributed by atoms with E-state index in [9.17, 15) is 19.5 Å². The maximum absolute atomic E-state index is 12.6. The van der Waals surface area contributed by atoms with E-state index >= 15 is 0 Å². The molecule has 2 aromatic rings. The number of benzene rings is 1. The van der Waals surface area contributed by atoms with Gasteiger partial charge in [0.05, 0.1) is 23.3 Å². The van der Waals surface area contributed by atoms with Crippen LogP contribution in [0.4, 0.5) is 0 Å². The number of aromatic hydroxyl groups is 1. The second-order valence-electron chi connectivity index (χ2n) is 7.54. The highest BCUT2D eigenvalue weighted by Gasteiger charge is 2.27. The van der Waals surface area contributed by atoms with Gasteiger partial charge in [0.15, 0.2) is 0 Å². The maximum Gasteiger partial charge on any atom is 0.307 e. The van der Waals surface area contributed by atoms with Gasteiger partial charge >= 0.3 is 5.97 Å². The van der Waals surface area contributed by atoms with Gasteiger partial charge in [0.1, 0.15) is 5.75 Å². The van der Waals surface area contributed by atoms with Crippen LogP contribution in [-0.4, -0.2) is 36.5 Å². The number of methoxy groups -OCH3 is 1. The fourth-order valence-electron chi connectivity index (χ4n) is 2.63. The summed E-state index contributed by atoms with van der Waals surface area (Å²) >= 11 is 1.12. The molecule has 0 aliphatic rings. The summed E-state index contributed by atoms with van der Waals surface area (Å²) in [5, 5.41) is 15.0. The molecular weight excluding hydrogens is 392 g/mol. The molecule has 0 fully saturated rings. The number of hydrogen-bond donors (Lipinski definition) is 3. The number of amides is 2. The molecule has 1 heterocycles. The van der Waals surface area contributed by atoms with E-state index in [0.717, 1.165) is 22.5 Å². The minimum absolute atomic E-state index is 0.0791.